The molecular weight excluding hydrogens is 230 g/mol. The highest BCUT2D eigenvalue weighted by Crippen LogP contribution is 2.16. The predicted octanol–water partition coefficient (Wildman–Crippen LogP) is 2.22. The average Bonchev–Trinajstić information content (AvgIpc) is 2.51. The summed E-state index contributed by atoms with van der Waals surface area (Å²) in [4.78, 5) is 4.06. The van der Waals surface area contributed by atoms with Gasteiger partial charge in [-0.05, 0) is 34.1 Å². The van der Waals surface area contributed by atoms with Crippen LogP contribution in [0.5, 0.6) is 0 Å². The highest BCUT2D eigenvalue weighted by atomic mass is 79.9. The Morgan fingerprint density at radius 3 is 2.85 bits per heavy atom. The topological polar surface area (TPSA) is 43.8 Å². The van der Waals surface area contributed by atoms with Crippen LogP contribution in [0.25, 0.3) is 5.69 Å². The number of halogens is 1. The smallest absolute Gasteiger partial charge is 0.181 e. The zero-order valence-corrected chi connectivity index (χ0v) is 8.40. The number of anilines is 1. The monoisotopic (exact) mass is 237 g/mol. The summed E-state index contributed by atoms with van der Waals surface area (Å²) in [7, 11) is 0. The third-order valence-corrected chi connectivity index (χ3v) is 2.33. The van der Waals surface area contributed by atoms with Crippen molar-refractivity contribution in [2.45, 2.75) is 0 Å². The molecule has 0 spiro atoms. The molecule has 0 fully saturated rings. The molecule has 0 aliphatic rings. The summed E-state index contributed by atoms with van der Waals surface area (Å²) in [6.07, 6.45) is 3.60. The molecule has 0 saturated heterocycles. The van der Waals surface area contributed by atoms with Crippen molar-refractivity contribution in [3.05, 3.63) is 41.4 Å². The number of nitrogen functional groups attached to an aromatic ring is 1. The fraction of sp³-hybridized carbons (Fsp3) is 0. The molecule has 0 bridgehead atoms. The Bertz CT molecular complexity index is 422. The van der Waals surface area contributed by atoms with E-state index in [-0.39, 0.29) is 0 Å². The highest BCUT2D eigenvalue weighted by Gasteiger charge is 2.00. The number of benzene rings is 1. The predicted molar refractivity (Wildman–Crippen MR) is 55.7 cm³/mol. The fourth-order valence-electron chi connectivity index (χ4n) is 1.15. The maximum absolute atomic E-state index is 5.67. The second-order valence-electron chi connectivity index (χ2n) is 2.66. The van der Waals surface area contributed by atoms with E-state index < -0.39 is 0 Å². The first-order valence-electron chi connectivity index (χ1n) is 3.82. The van der Waals surface area contributed by atoms with Crippen LogP contribution in [0.2, 0.25) is 0 Å². The molecule has 66 valence electrons. The minimum Gasteiger partial charge on any atom is -0.399 e. The summed E-state index contributed by atoms with van der Waals surface area (Å²) in [6, 6.07) is 7.64. The Labute approximate surface area is 84.3 Å². The average molecular weight is 238 g/mol. The van der Waals surface area contributed by atoms with Gasteiger partial charge in [0, 0.05) is 23.8 Å². The van der Waals surface area contributed by atoms with E-state index in [2.05, 4.69) is 20.9 Å². The molecule has 3 nitrogen and oxygen atoms in total. The summed E-state index contributed by atoms with van der Waals surface area (Å²) in [5.74, 6) is 0. The number of hydrogen-bond acceptors (Lipinski definition) is 2. The molecule has 1 aromatic heterocycles. The van der Waals surface area contributed by atoms with Crippen molar-refractivity contribution in [1.29, 1.82) is 0 Å². The maximum Gasteiger partial charge on any atom is 0.181 e. The largest absolute Gasteiger partial charge is 0.399 e. The van der Waals surface area contributed by atoms with Gasteiger partial charge in [0.2, 0.25) is 0 Å². The third kappa shape index (κ3) is 1.58. The van der Waals surface area contributed by atoms with Gasteiger partial charge in [0.25, 0.3) is 0 Å². The van der Waals surface area contributed by atoms with Crippen molar-refractivity contribution < 1.29 is 0 Å². The second kappa shape index (κ2) is 3.22. The molecule has 0 amide bonds. The van der Waals surface area contributed by atoms with Gasteiger partial charge in [0.15, 0.2) is 4.73 Å². The Kier molecular flexibility index (Phi) is 2.06. The van der Waals surface area contributed by atoms with Gasteiger partial charge in [-0.25, -0.2) is 4.98 Å². The second-order valence-corrected chi connectivity index (χ2v) is 3.37. The van der Waals surface area contributed by atoms with Gasteiger partial charge in [-0.1, -0.05) is 6.07 Å². The Morgan fingerprint density at radius 2 is 2.23 bits per heavy atom. The van der Waals surface area contributed by atoms with Crippen LogP contribution in [0.4, 0.5) is 5.69 Å². The van der Waals surface area contributed by atoms with E-state index in [9.17, 15) is 0 Å². The van der Waals surface area contributed by atoms with Crippen molar-refractivity contribution >= 4 is 21.6 Å². The van der Waals surface area contributed by atoms with Crippen LogP contribution in [-0.4, -0.2) is 9.55 Å². The van der Waals surface area contributed by atoms with Crippen molar-refractivity contribution in [2.24, 2.45) is 0 Å². The molecular formula is C9H8BrN3. The highest BCUT2D eigenvalue weighted by molar-refractivity contribution is 9.10. The van der Waals surface area contributed by atoms with E-state index in [0.29, 0.717) is 0 Å². The lowest BCUT2D eigenvalue weighted by Gasteiger charge is -2.03. The molecule has 2 N–H and O–H groups in total. The fourth-order valence-corrected chi connectivity index (χ4v) is 1.59. The first kappa shape index (κ1) is 8.31. The first-order chi connectivity index (χ1) is 6.27. The number of aromatic nitrogens is 2. The Balaban J connectivity index is 2.53. The number of nitrogens with zero attached hydrogens (tertiary/aromatic N) is 2. The van der Waals surface area contributed by atoms with E-state index >= 15 is 0 Å². The zero-order chi connectivity index (χ0) is 9.26. The molecule has 0 aliphatic heterocycles. The number of nitrogens with two attached hydrogens (primary N) is 1. The quantitative estimate of drug-likeness (QED) is 0.774. The molecule has 0 saturated carbocycles. The Hall–Kier alpha value is -1.29. The van der Waals surface area contributed by atoms with E-state index in [1.165, 1.54) is 0 Å². The molecule has 4 heteroatoms. The molecule has 0 radical (unpaired) electrons. The van der Waals surface area contributed by atoms with Crippen LogP contribution in [0.1, 0.15) is 0 Å². The summed E-state index contributed by atoms with van der Waals surface area (Å²) in [5.41, 5.74) is 7.42. The van der Waals surface area contributed by atoms with Crippen molar-refractivity contribution in [2.75, 3.05) is 5.73 Å². The summed E-state index contributed by atoms with van der Waals surface area (Å²) in [5, 5.41) is 0. The van der Waals surface area contributed by atoms with Crippen LogP contribution in [0.15, 0.2) is 41.4 Å². The molecule has 2 rings (SSSR count). The molecule has 1 heterocycles. The van der Waals surface area contributed by atoms with Crippen molar-refractivity contribution in [3.63, 3.8) is 0 Å². The maximum atomic E-state index is 5.67. The first-order valence-corrected chi connectivity index (χ1v) is 4.61. The van der Waals surface area contributed by atoms with Crippen molar-refractivity contribution in [3.8, 4) is 5.69 Å². The third-order valence-electron chi connectivity index (χ3n) is 1.74. The van der Waals surface area contributed by atoms with Gasteiger partial charge in [0.1, 0.15) is 0 Å². The van der Waals surface area contributed by atoms with Gasteiger partial charge in [0.05, 0.1) is 0 Å². The van der Waals surface area contributed by atoms with Crippen LogP contribution in [-0.2, 0) is 0 Å². The van der Waals surface area contributed by atoms with Gasteiger partial charge >= 0.3 is 0 Å². The molecule has 2 aromatic rings. The van der Waals surface area contributed by atoms with Gasteiger partial charge in [-0.3, -0.25) is 4.57 Å². The van der Waals surface area contributed by atoms with Crippen LogP contribution >= 0.6 is 15.9 Å². The normalized spacial score (nSPS) is 10.2. The zero-order valence-electron chi connectivity index (χ0n) is 6.81. The van der Waals surface area contributed by atoms with Gasteiger partial charge in [-0.2, -0.15) is 0 Å². The van der Waals surface area contributed by atoms with E-state index in [4.69, 9.17) is 5.73 Å². The lowest BCUT2D eigenvalue weighted by Crippen LogP contribution is -1.94. The number of hydrogen-bond donors (Lipinski definition) is 1. The molecule has 13 heavy (non-hydrogen) atoms. The number of rotatable bonds is 1. The molecule has 1 aromatic carbocycles. The lowest BCUT2D eigenvalue weighted by atomic mass is 10.3. The Morgan fingerprint density at radius 1 is 1.38 bits per heavy atom. The minimum atomic E-state index is 0.748. The number of imidazole rings is 1. The summed E-state index contributed by atoms with van der Waals surface area (Å²) >= 11 is 3.34. The molecule has 0 unspecified atom stereocenters. The molecule has 0 atom stereocenters. The van der Waals surface area contributed by atoms with E-state index in [1.807, 2.05) is 35.0 Å². The SMILES string of the molecule is Nc1cccc(-n2ccnc2Br)c1. The summed E-state index contributed by atoms with van der Waals surface area (Å²) < 4.78 is 2.69. The van der Waals surface area contributed by atoms with E-state index in [1.54, 1.807) is 6.20 Å². The van der Waals surface area contributed by atoms with Gasteiger partial charge in [-0.15, -0.1) is 0 Å². The van der Waals surface area contributed by atoms with Gasteiger partial charge < -0.3 is 5.73 Å². The van der Waals surface area contributed by atoms with Crippen LogP contribution in [0, 0.1) is 0 Å². The van der Waals surface area contributed by atoms with Crippen LogP contribution in [0.3, 0.4) is 0 Å². The van der Waals surface area contributed by atoms with Crippen LogP contribution < -0.4 is 5.73 Å². The molecule has 0 aliphatic carbocycles. The standard InChI is InChI=1S/C9H8BrN3/c10-9-12-4-5-13(9)8-3-1-2-7(11)6-8/h1-6H,11H2. The minimum absolute atomic E-state index is 0.748. The van der Waals surface area contributed by atoms with Crippen molar-refractivity contribution in [1.82, 2.24) is 9.55 Å². The lowest BCUT2D eigenvalue weighted by molar-refractivity contribution is 1.01. The van der Waals surface area contributed by atoms with E-state index in [0.717, 1.165) is 16.1 Å². The summed E-state index contributed by atoms with van der Waals surface area (Å²) in [6.45, 7) is 0.